The molecule has 0 bridgehead atoms. The largest absolute Gasteiger partial charge is 0.450 e. The fourth-order valence-electron chi connectivity index (χ4n) is 3.42. The fourth-order valence-corrected chi connectivity index (χ4v) is 3.42. The molecule has 3 atom stereocenters. The number of alkyl carbamates (subject to hydrolysis) is 1. The van der Waals surface area contributed by atoms with Crippen molar-refractivity contribution in [1.82, 2.24) is 16.0 Å². The second kappa shape index (κ2) is 8.59. The first-order valence-corrected chi connectivity index (χ1v) is 10.0. The molecule has 0 aromatic heterocycles. The van der Waals surface area contributed by atoms with Crippen LogP contribution >= 0.6 is 0 Å². The number of hydrogen-bond donors (Lipinski definition) is 3. The molecule has 0 aromatic rings. The Morgan fingerprint density at radius 1 is 1.24 bits per heavy atom. The smallest absolute Gasteiger partial charge is 0.408 e. The monoisotopic (exact) mass is 411 g/mol. The summed E-state index contributed by atoms with van der Waals surface area (Å²) in [4.78, 5) is 49.2. The Labute approximate surface area is 171 Å². The fraction of sp³-hybridized carbons (Fsp3) is 0.800. The average Bonchev–Trinajstić information content (AvgIpc) is 3.27. The number of carbonyl (C=O) groups excluding carboxylic acids is 4. The zero-order valence-corrected chi connectivity index (χ0v) is 18.1. The molecule has 0 spiro atoms. The molecule has 2 rings (SSSR count). The van der Waals surface area contributed by atoms with Crippen LogP contribution in [0.25, 0.3) is 0 Å². The maximum Gasteiger partial charge on any atom is 0.408 e. The van der Waals surface area contributed by atoms with E-state index in [0.29, 0.717) is 6.42 Å². The van der Waals surface area contributed by atoms with Crippen LogP contribution in [0.4, 0.5) is 4.79 Å². The Balaban J connectivity index is 2.21. The molecule has 2 aliphatic rings. The van der Waals surface area contributed by atoms with E-state index in [1.54, 1.807) is 20.8 Å². The summed E-state index contributed by atoms with van der Waals surface area (Å²) >= 11 is 0. The molecule has 3 N–H and O–H groups in total. The van der Waals surface area contributed by atoms with Crippen molar-refractivity contribution in [1.29, 1.82) is 0 Å². The van der Waals surface area contributed by atoms with Crippen LogP contribution in [0.3, 0.4) is 0 Å². The maximum atomic E-state index is 12.7. The van der Waals surface area contributed by atoms with Gasteiger partial charge in [-0.3, -0.25) is 14.4 Å². The van der Waals surface area contributed by atoms with Crippen molar-refractivity contribution in [3.63, 3.8) is 0 Å². The third kappa shape index (κ3) is 7.55. The molecule has 1 saturated carbocycles. The number of carbonyl (C=O) groups is 4. The van der Waals surface area contributed by atoms with Gasteiger partial charge in [-0.15, -0.1) is 0 Å². The van der Waals surface area contributed by atoms with Gasteiger partial charge < -0.3 is 25.4 Å². The molecular formula is C20H33N3O6. The van der Waals surface area contributed by atoms with Crippen LogP contribution in [0.15, 0.2) is 0 Å². The predicted molar refractivity (Wildman–Crippen MR) is 105 cm³/mol. The molecule has 1 aliphatic carbocycles. The number of nitrogens with one attached hydrogen (secondary N) is 3. The Hall–Kier alpha value is -2.32. The van der Waals surface area contributed by atoms with Crippen molar-refractivity contribution in [3.8, 4) is 0 Å². The van der Waals surface area contributed by atoms with Crippen LogP contribution in [0, 0.1) is 5.92 Å². The lowest BCUT2D eigenvalue weighted by Crippen LogP contribution is -2.54. The number of esters is 1. The maximum absolute atomic E-state index is 12.7. The lowest BCUT2D eigenvalue weighted by atomic mass is 9.89. The number of amides is 3. The van der Waals surface area contributed by atoms with Gasteiger partial charge in [0.1, 0.15) is 5.60 Å². The van der Waals surface area contributed by atoms with Crippen molar-refractivity contribution in [2.45, 2.75) is 96.6 Å². The summed E-state index contributed by atoms with van der Waals surface area (Å²) in [6.45, 7) is 10.2. The van der Waals surface area contributed by atoms with Crippen molar-refractivity contribution >= 4 is 23.9 Å². The van der Waals surface area contributed by atoms with Gasteiger partial charge in [-0.2, -0.15) is 0 Å². The van der Waals surface area contributed by atoms with Gasteiger partial charge in [0.15, 0.2) is 6.10 Å². The predicted octanol–water partition coefficient (Wildman–Crippen LogP) is 1.39. The van der Waals surface area contributed by atoms with E-state index < -0.39 is 41.6 Å². The van der Waals surface area contributed by atoms with E-state index in [2.05, 4.69) is 16.0 Å². The summed E-state index contributed by atoms with van der Waals surface area (Å²) in [5.74, 6) is -1.72. The first-order valence-electron chi connectivity index (χ1n) is 10.0. The minimum Gasteiger partial charge on any atom is -0.450 e. The molecule has 1 heterocycles. The minimum absolute atomic E-state index is 0.0523. The average molecular weight is 411 g/mol. The van der Waals surface area contributed by atoms with Crippen LogP contribution in [0.1, 0.15) is 67.2 Å². The van der Waals surface area contributed by atoms with Gasteiger partial charge in [0, 0.05) is 24.4 Å². The van der Waals surface area contributed by atoms with E-state index in [4.69, 9.17) is 9.47 Å². The molecule has 29 heavy (non-hydrogen) atoms. The molecule has 9 nitrogen and oxygen atoms in total. The Morgan fingerprint density at radius 2 is 1.86 bits per heavy atom. The normalized spacial score (nSPS) is 22.8. The summed E-state index contributed by atoms with van der Waals surface area (Å²) in [6.07, 6.45) is 0.415. The molecule has 0 aromatic carbocycles. The van der Waals surface area contributed by atoms with Gasteiger partial charge in [-0.1, -0.05) is 0 Å². The quantitative estimate of drug-likeness (QED) is 0.544. The summed E-state index contributed by atoms with van der Waals surface area (Å²) in [5.41, 5.74) is -1.13. The molecule has 3 amide bonds. The van der Waals surface area contributed by atoms with E-state index >= 15 is 0 Å². The first kappa shape index (κ1) is 23.0. The molecule has 0 unspecified atom stereocenters. The second-order valence-electron chi connectivity index (χ2n) is 9.58. The van der Waals surface area contributed by atoms with Gasteiger partial charge in [0.05, 0.1) is 6.04 Å². The Kier molecular flexibility index (Phi) is 6.80. The minimum atomic E-state index is -1.25. The Morgan fingerprint density at radius 3 is 2.31 bits per heavy atom. The number of rotatable bonds is 7. The van der Waals surface area contributed by atoms with Crippen molar-refractivity contribution < 1.29 is 28.7 Å². The SMILES string of the molecule is CC(=O)O[C@H](C(=O)NC1CC1)[C@H](C[C@@H]1CC(C)(C)NC1=O)NC(=O)OC(C)(C)C. The van der Waals surface area contributed by atoms with Crippen LogP contribution < -0.4 is 16.0 Å². The highest BCUT2D eigenvalue weighted by atomic mass is 16.6. The van der Waals surface area contributed by atoms with Crippen LogP contribution in [-0.2, 0) is 23.9 Å². The first-order chi connectivity index (χ1) is 13.3. The molecule has 2 fully saturated rings. The molecule has 0 radical (unpaired) electrons. The Bertz CT molecular complexity index is 666. The van der Waals surface area contributed by atoms with Crippen LogP contribution in [-0.4, -0.2) is 53.2 Å². The van der Waals surface area contributed by atoms with Crippen molar-refractivity contribution in [2.75, 3.05) is 0 Å². The van der Waals surface area contributed by atoms with E-state index in [0.717, 1.165) is 12.8 Å². The van der Waals surface area contributed by atoms with Crippen LogP contribution in [0.5, 0.6) is 0 Å². The highest BCUT2D eigenvalue weighted by Crippen LogP contribution is 2.29. The van der Waals surface area contributed by atoms with Gasteiger partial charge in [-0.25, -0.2) is 4.79 Å². The standard InChI is InChI=1S/C20H33N3O6/c1-11(24)28-15(17(26)21-13-7-8-13)14(22-18(27)29-19(2,3)4)9-12-10-20(5,6)23-16(12)25/h12-15H,7-10H2,1-6H3,(H,21,26)(H,22,27)(H,23,25)/t12-,14+,15+/m1/s1. The van der Waals surface area contributed by atoms with Crippen molar-refractivity contribution in [3.05, 3.63) is 0 Å². The van der Waals surface area contributed by atoms with E-state index in [1.807, 2.05) is 13.8 Å². The zero-order chi connectivity index (χ0) is 22.0. The highest BCUT2D eigenvalue weighted by Gasteiger charge is 2.43. The van der Waals surface area contributed by atoms with Gasteiger partial charge in [0.25, 0.3) is 5.91 Å². The number of hydrogen-bond acceptors (Lipinski definition) is 6. The summed E-state index contributed by atoms with van der Waals surface area (Å²) < 4.78 is 10.6. The molecule has 164 valence electrons. The van der Waals surface area contributed by atoms with Gasteiger partial charge >= 0.3 is 12.1 Å². The second-order valence-corrected chi connectivity index (χ2v) is 9.58. The van der Waals surface area contributed by atoms with Crippen LogP contribution in [0.2, 0.25) is 0 Å². The third-order valence-electron chi connectivity index (χ3n) is 4.67. The lowest BCUT2D eigenvalue weighted by Gasteiger charge is -2.29. The molecule has 9 heteroatoms. The zero-order valence-electron chi connectivity index (χ0n) is 18.1. The van der Waals surface area contributed by atoms with E-state index in [-0.39, 0.29) is 23.9 Å². The summed E-state index contributed by atoms with van der Waals surface area (Å²) in [7, 11) is 0. The van der Waals surface area contributed by atoms with Gasteiger partial charge in [-0.05, 0) is 60.3 Å². The third-order valence-corrected chi connectivity index (χ3v) is 4.67. The van der Waals surface area contributed by atoms with Crippen molar-refractivity contribution in [2.24, 2.45) is 5.92 Å². The lowest BCUT2D eigenvalue weighted by molar-refractivity contribution is -0.156. The summed E-state index contributed by atoms with van der Waals surface area (Å²) in [5, 5.41) is 8.35. The summed E-state index contributed by atoms with van der Waals surface area (Å²) in [6, 6.07) is -0.853. The van der Waals surface area contributed by atoms with Gasteiger partial charge in [0.2, 0.25) is 5.91 Å². The topological polar surface area (TPSA) is 123 Å². The number of ether oxygens (including phenoxy) is 2. The molecular weight excluding hydrogens is 378 g/mol. The van der Waals surface area contributed by atoms with E-state index in [9.17, 15) is 19.2 Å². The molecule has 1 saturated heterocycles. The molecule has 1 aliphatic heterocycles. The van der Waals surface area contributed by atoms with E-state index in [1.165, 1.54) is 6.92 Å². The highest BCUT2D eigenvalue weighted by molar-refractivity contribution is 5.86.